The van der Waals surface area contributed by atoms with Gasteiger partial charge in [0.1, 0.15) is 5.88 Å². The molecule has 5 rings (SSSR count). The van der Waals surface area contributed by atoms with Crippen LogP contribution in [0.1, 0.15) is 60.5 Å². The van der Waals surface area contributed by atoms with Crippen molar-refractivity contribution in [2.45, 2.75) is 75.9 Å². The van der Waals surface area contributed by atoms with E-state index in [2.05, 4.69) is 10.6 Å². The largest absolute Gasteiger partial charge is 0.390 e. The number of sulfonamides is 1. The highest BCUT2D eigenvalue weighted by Gasteiger charge is 2.31. The smallest absolute Gasteiger partial charge is 0.253 e. The lowest BCUT2D eigenvalue weighted by Gasteiger charge is -2.29. The van der Waals surface area contributed by atoms with E-state index in [0.717, 1.165) is 41.3 Å². The van der Waals surface area contributed by atoms with Gasteiger partial charge in [0.25, 0.3) is 15.9 Å². The van der Waals surface area contributed by atoms with Gasteiger partial charge < -0.3 is 20.3 Å². The summed E-state index contributed by atoms with van der Waals surface area (Å²) in [6, 6.07) is 13.2. The summed E-state index contributed by atoms with van der Waals surface area (Å²) in [6.45, 7) is 2.42. The Bertz CT molecular complexity index is 1400. The molecule has 0 unspecified atom stereocenters. The van der Waals surface area contributed by atoms with E-state index in [9.17, 15) is 18.3 Å². The van der Waals surface area contributed by atoms with Crippen LogP contribution in [0.2, 0.25) is 0 Å². The number of nitrogens with one attached hydrogen (secondary N) is 2. The van der Waals surface area contributed by atoms with Crippen LogP contribution in [0.4, 0.5) is 5.69 Å². The number of carbonyl (C=O) groups is 1. The van der Waals surface area contributed by atoms with E-state index in [1.54, 1.807) is 10.6 Å². The molecule has 0 radical (unpaired) electrons. The SMILES string of the molecule is CCc1cn2c3c(cc(C(=O)N[C@@H](Cc4ccccc4)[C@H](O)CNC4CCCCC4)cc13)N(C)S(=O)(=O)C2. The Morgan fingerprint density at radius 1 is 1.13 bits per heavy atom. The van der Waals surface area contributed by atoms with Crippen LogP contribution in [-0.4, -0.2) is 55.8 Å². The Morgan fingerprint density at radius 3 is 2.58 bits per heavy atom. The molecule has 1 saturated carbocycles. The van der Waals surface area contributed by atoms with Crippen molar-refractivity contribution in [3.63, 3.8) is 0 Å². The zero-order valence-corrected chi connectivity index (χ0v) is 23.0. The van der Waals surface area contributed by atoms with Crippen LogP contribution in [0.25, 0.3) is 10.9 Å². The predicted octanol–water partition coefficient (Wildman–Crippen LogP) is 3.57. The molecule has 2 aromatic carbocycles. The molecule has 2 heterocycles. The van der Waals surface area contributed by atoms with Crippen molar-refractivity contribution in [3.8, 4) is 0 Å². The molecule has 1 fully saturated rings. The Morgan fingerprint density at radius 2 is 1.87 bits per heavy atom. The molecule has 1 aliphatic heterocycles. The summed E-state index contributed by atoms with van der Waals surface area (Å²) in [7, 11) is -2.00. The third-order valence-corrected chi connectivity index (χ3v) is 9.67. The summed E-state index contributed by atoms with van der Waals surface area (Å²) < 4.78 is 28.6. The fourth-order valence-corrected chi connectivity index (χ4v) is 6.96. The van der Waals surface area contributed by atoms with Gasteiger partial charge in [0.15, 0.2) is 0 Å². The van der Waals surface area contributed by atoms with Gasteiger partial charge in [-0.1, -0.05) is 56.5 Å². The zero-order chi connectivity index (χ0) is 26.9. The van der Waals surface area contributed by atoms with E-state index in [4.69, 9.17) is 0 Å². The summed E-state index contributed by atoms with van der Waals surface area (Å²) in [5.74, 6) is -0.440. The van der Waals surface area contributed by atoms with Crippen molar-refractivity contribution in [3.05, 3.63) is 65.4 Å². The number of aromatic nitrogens is 1. The number of hydrogen-bond donors (Lipinski definition) is 3. The topological polar surface area (TPSA) is 104 Å². The Labute approximate surface area is 225 Å². The first kappa shape index (κ1) is 26.7. The third-order valence-electron chi connectivity index (χ3n) is 8.04. The van der Waals surface area contributed by atoms with Gasteiger partial charge in [-0.25, -0.2) is 8.42 Å². The van der Waals surface area contributed by atoms with Crippen LogP contribution in [0.15, 0.2) is 48.7 Å². The maximum atomic E-state index is 13.6. The highest BCUT2D eigenvalue weighted by atomic mass is 32.2. The minimum Gasteiger partial charge on any atom is -0.390 e. The van der Waals surface area contributed by atoms with Gasteiger partial charge in [-0.3, -0.25) is 9.10 Å². The molecule has 1 aromatic heterocycles. The average Bonchev–Trinajstić information content (AvgIpc) is 3.27. The molecule has 9 heteroatoms. The number of benzene rings is 2. The van der Waals surface area contributed by atoms with E-state index in [1.807, 2.05) is 49.5 Å². The van der Waals surface area contributed by atoms with Crippen molar-refractivity contribution in [1.29, 1.82) is 0 Å². The molecule has 2 aliphatic rings. The molecule has 0 spiro atoms. The minimum absolute atomic E-state index is 0.113. The molecule has 3 aromatic rings. The van der Waals surface area contributed by atoms with Crippen LogP contribution in [0.5, 0.6) is 0 Å². The predicted molar refractivity (Wildman–Crippen MR) is 151 cm³/mol. The van der Waals surface area contributed by atoms with Crippen molar-refractivity contribution in [2.24, 2.45) is 0 Å². The summed E-state index contributed by atoms with van der Waals surface area (Å²) in [5, 5.41) is 18.7. The fraction of sp³-hybridized carbons (Fsp3) is 0.483. The highest BCUT2D eigenvalue weighted by Crippen LogP contribution is 2.37. The van der Waals surface area contributed by atoms with Gasteiger partial charge in [-0.15, -0.1) is 0 Å². The van der Waals surface area contributed by atoms with Crippen molar-refractivity contribution < 1.29 is 18.3 Å². The van der Waals surface area contributed by atoms with Gasteiger partial charge >= 0.3 is 0 Å². The second-order valence-electron chi connectivity index (χ2n) is 10.7. The number of hydrogen-bond acceptors (Lipinski definition) is 5. The number of amides is 1. The standard InChI is InChI=1S/C29H38N4O4S/c1-3-21-18-33-19-38(36,37)32(2)26-16-22(15-24(21)28(26)33)29(35)31-25(14-20-10-6-4-7-11-20)27(34)17-30-23-12-8-5-9-13-23/h4,6-7,10-11,15-16,18,23,25,27,30,34H,3,5,8-9,12-14,17,19H2,1-2H3,(H,31,35)/t25-,27+/m0/s1. The molecule has 1 amide bonds. The van der Waals surface area contributed by atoms with Gasteiger partial charge in [0, 0.05) is 36.8 Å². The normalized spacial score (nSPS) is 18.9. The second-order valence-corrected chi connectivity index (χ2v) is 12.6. The lowest BCUT2D eigenvalue weighted by Crippen LogP contribution is -2.50. The minimum atomic E-state index is -3.54. The van der Waals surface area contributed by atoms with Gasteiger partial charge in [-0.2, -0.15) is 0 Å². The van der Waals surface area contributed by atoms with Crippen LogP contribution in [0.3, 0.4) is 0 Å². The summed E-state index contributed by atoms with van der Waals surface area (Å²) in [4.78, 5) is 13.6. The Hall–Kier alpha value is -2.88. The first-order chi connectivity index (χ1) is 18.3. The molecule has 2 atom stereocenters. The Balaban J connectivity index is 1.42. The van der Waals surface area contributed by atoms with Gasteiger partial charge in [0.2, 0.25) is 0 Å². The quantitative estimate of drug-likeness (QED) is 0.387. The lowest BCUT2D eigenvalue weighted by molar-refractivity contribution is 0.0821. The third kappa shape index (κ3) is 5.46. The van der Waals surface area contributed by atoms with Crippen LogP contribution in [-0.2, 0) is 28.7 Å². The van der Waals surface area contributed by atoms with Gasteiger partial charge in [-0.05, 0) is 48.9 Å². The molecule has 1 aliphatic carbocycles. The summed E-state index contributed by atoms with van der Waals surface area (Å²) in [6.07, 6.45) is 8.20. The molecular formula is C29H38N4O4S. The zero-order valence-electron chi connectivity index (χ0n) is 22.2. The van der Waals surface area contributed by atoms with E-state index in [-0.39, 0.29) is 11.8 Å². The summed E-state index contributed by atoms with van der Waals surface area (Å²) >= 11 is 0. The van der Waals surface area contributed by atoms with Crippen LogP contribution < -0.4 is 14.9 Å². The fourth-order valence-electron chi connectivity index (χ4n) is 5.79. The molecule has 0 bridgehead atoms. The molecular weight excluding hydrogens is 500 g/mol. The molecule has 0 saturated heterocycles. The number of carbonyl (C=O) groups excluding carboxylic acids is 1. The van der Waals surface area contributed by atoms with Crippen molar-refractivity contribution >= 4 is 32.5 Å². The van der Waals surface area contributed by atoms with E-state index in [0.29, 0.717) is 30.3 Å². The number of aryl methyl sites for hydroxylation is 1. The first-order valence-corrected chi connectivity index (χ1v) is 15.3. The number of aliphatic hydroxyl groups is 1. The average molecular weight is 539 g/mol. The van der Waals surface area contributed by atoms with E-state index < -0.39 is 22.2 Å². The number of anilines is 1. The highest BCUT2D eigenvalue weighted by molar-refractivity contribution is 7.91. The van der Waals surface area contributed by atoms with Crippen molar-refractivity contribution in [1.82, 2.24) is 15.2 Å². The van der Waals surface area contributed by atoms with Crippen LogP contribution in [0, 0.1) is 0 Å². The maximum Gasteiger partial charge on any atom is 0.253 e. The molecule has 3 N–H and O–H groups in total. The molecule has 38 heavy (non-hydrogen) atoms. The monoisotopic (exact) mass is 538 g/mol. The molecule has 204 valence electrons. The lowest BCUT2D eigenvalue weighted by atomic mass is 9.94. The van der Waals surface area contributed by atoms with Crippen LogP contribution >= 0.6 is 0 Å². The summed E-state index contributed by atoms with van der Waals surface area (Å²) in [5.41, 5.74) is 3.73. The van der Waals surface area contributed by atoms with Gasteiger partial charge in [0.05, 0.1) is 23.3 Å². The second kappa shape index (κ2) is 11.1. The number of nitrogens with zero attached hydrogens (tertiary/aromatic N) is 2. The van der Waals surface area contributed by atoms with E-state index in [1.165, 1.54) is 30.6 Å². The number of aliphatic hydroxyl groups excluding tert-OH is 1. The van der Waals surface area contributed by atoms with E-state index >= 15 is 0 Å². The maximum absolute atomic E-state index is 13.6. The van der Waals surface area contributed by atoms with Crippen molar-refractivity contribution in [2.75, 3.05) is 17.9 Å². The molecule has 8 nitrogen and oxygen atoms in total. The first-order valence-electron chi connectivity index (χ1n) is 13.7. The number of rotatable bonds is 9. The Kier molecular flexibility index (Phi) is 7.79.